The third kappa shape index (κ3) is 2.90. The van der Waals surface area contributed by atoms with Gasteiger partial charge in [-0.05, 0) is 45.9 Å². The first-order valence-electron chi connectivity index (χ1n) is 6.88. The highest BCUT2D eigenvalue weighted by Gasteiger charge is 2.25. The van der Waals surface area contributed by atoms with Gasteiger partial charge in [-0.25, -0.2) is 0 Å². The summed E-state index contributed by atoms with van der Waals surface area (Å²) in [5, 5.41) is 0. The summed E-state index contributed by atoms with van der Waals surface area (Å²) in [6.07, 6.45) is 0.917. The normalized spacial score (nSPS) is 16.3. The van der Waals surface area contributed by atoms with Crippen molar-refractivity contribution < 1.29 is 9.47 Å². The predicted molar refractivity (Wildman–Crippen MR) is 81.3 cm³/mol. The van der Waals surface area contributed by atoms with Gasteiger partial charge in [-0.2, -0.15) is 0 Å². The number of halogens is 1. The third-order valence-electron chi connectivity index (χ3n) is 3.50. The Morgan fingerprint density at radius 2 is 1.84 bits per heavy atom. The van der Waals surface area contributed by atoms with E-state index in [0.717, 1.165) is 22.4 Å². The van der Waals surface area contributed by atoms with Crippen molar-refractivity contribution in [3.05, 3.63) is 21.7 Å². The smallest absolute Gasteiger partial charge is 0.175 e. The van der Waals surface area contributed by atoms with Crippen molar-refractivity contribution in [2.24, 2.45) is 5.73 Å². The first-order valence-corrected chi connectivity index (χ1v) is 7.67. The van der Waals surface area contributed by atoms with E-state index in [1.807, 2.05) is 0 Å². The van der Waals surface area contributed by atoms with Gasteiger partial charge in [0.1, 0.15) is 0 Å². The molecule has 2 N–H and O–H groups in total. The van der Waals surface area contributed by atoms with E-state index < -0.39 is 0 Å². The van der Waals surface area contributed by atoms with Crippen LogP contribution in [0.5, 0.6) is 11.5 Å². The minimum absolute atomic E-state index is 0.311. The molecule has 2 rings (SSSR count). The number of rotatable bonds is 3. The Kier molecular flexibility index (Phi) is 4.74. The van der Waals surface area contributed by atoms with E-state index in [1.165, 1.54) is 11.1 Å². The Bertz CT molecular complexity index is 460. The molecule has 1 atom stereocenters. The molecule has 1 aliphatic rings. The number of benzene rings is 1. The second-order valence-corrected chi connectivity index (χ2v) is 6.22. The minimum atomic E-state index is 0.311. The van der Waals surface area contributed by atoms with Crippen LogP contribution in [0.1, 0.15) is 50.2 Å². The van der Waals surface area contributed by atoms with Crippen molar-refractivity contribution in [3.63, 3.8) is 0 Å². The Labute approximate surface area is 123 Å². The van der Waals surface area contributed by atoms with Gasteiger partial charge in [0.25, 0.3) is 0 Å². The second-order valence-electron chi connectivity index (χ2n) is 5.36. The van der Waals surface area contributed by atoms with E-state index in [-0.39, 0.29) is 0 Å². The molecule has 0 saturated carbocycles. The van der Waals surface area contributed by atoms with Crippen LogP contribution in [-0.2, 0) is 0 Å². The largest absolute Gasteiger partial charge is 0.489 e. The molecule has 1 heterocycles. The average molecular weight is 328 g/mol. The third-order valence-corrected chi connectivity index (χ3v) is 4.09. The van der Waals surface area contributed by atoms with E-state index in [2.05, 4.69) is 42.8 Å². The van der Waals surface area contributed by atoms with Crippen LogP contribution >= 0.6 is 15.9 Å². The van der Waals surface area contributed by atoms with E-state index in [9.17, 15) is 0 Å². The molecular weight excluding hydrogens is 306 g/mol. The summed E-state index contributed by atoms with van der Waals surface area (Å²) < 4.78 is 12.8. The second kappa shape index (κ2) is 6.14. The molecular formula is C15H22BrNO2. The first-order chi connectivity index (χ1) is 9.06. The van der Waals surface area contributed by atoms with E-state index in [1.54, 1.807) is 0 Å². The highest BCUT2D eigenvalue weighted by atomic mass is 79.9. The van der Waals surface area contributed by atoms with Crippen molar-refractivity contribution in [1.82, 2.24) is 0 Å². The van der Waals surface area contributed by atoms with Crippen molar-refractivity contribution >= 4 is 15.9 Å². The molecule has 0 fully saturated rings. The fraction of sp³-hybridized carbons (Fsp3) is 0.600. The van der Waals surface area contributed by atoms with Gasteiger partial charge in [0, 0.05) is 12.0 Å². The van der Waals surface area contributed by atoms with E-state index >= 15 is 0 Å². The zero-order valence-electron chi connectivity index (χ0n) is 11.8. The molecule has 0 radical (unpaired) electrons. The average Bonchev–Trinajstić information content (AvgIpc) is 2.63. The summed E-state index contributed by atoms with van der Waals surface area (Å²) in [6.45, 7) is 8.56. The van der Waals surface area contributed by atoms with Gasteiger partial charge < -0.3 is 15.2 Å². The van der Waals surface area contributed by atoms with Gasteiger partial charge in [0.2, 0.25) is 0 Å². The molecule has 0 spiro atoms. The van der Waals surface area contributed by atoms with E-state index in [4.69, 9.17) is 15.2 Å². The maximum Gasteiger partial charge on any atom is 0.175 e. The van der Waals surface area contributed by atoms with Gasteiger partial charge in [0.05, 0.1) is 17.7 Å². The maximum atomic E-state index is 5.96. The van der Waals surface area contributed by atoms with Crippen molar-refractivity contribution in [2.45, 2.75) is 39.0 Å². The van der Waals surface area contributed by atoms with Crippen LogP contribution in [0.25, 0.3) is 0 Å². The molecule has 0 saturated heterocycles. The molecule has 1 aromatic rings. The summed E-state index contributed by atoms with van der Waals surface area (Å²) in [4.78, 5) is 0. The van der Waals surface area contributed by atoms with Gasteiger partial charge in [-0.15, -0.1) is 0 Å². The molecule has 4 heteroatoms. The monoisotopic (exact) mass is 327 g/mol. The van der Waals surface area contributed by atoms with Crippen LogP contribution in [0.4, 0.5) is 0 Å². The molecule has 3 nitrogen and oxygen atoms in total. The molecule has 0 amide bonds. The molecule has 106 valence electrons. The maximum absolute atomic E-state index is 5.96. The summed E-state index contributed by atoms with van der Waals surface area (Å²) >= 11 is 3.60. The number of hydrogen-bond donors (Lipinski definition) is 1. The zero-order chi connectivity index (χ0) is 14.0. The SMILES string of the molecule is CC(C)c1c(C(C)CN)cc(Br)c2c1OCCCO2. The molecule has 19 heavy (non-hydrogen) atoms. The Hall–Kier alpha value is -0.740. The zero-order valence-corrected chi connectivity index (χ0v) is 13.4. The summed E-state index contributed by atoms with van der Waals surface area (Å²) in [6, 6.07) is 2.14. The lowest BCUT2D eigenvalue weighted by Crippen LogP contribution is -2.13. The molecule has 1 unspecified atom stereocenters. The van der Waals surface area contributed by atoms with Crippen molar-refractivity contribution in [2.75, 3.05) is 19.8 Å². The fourth-order valence-electron chi connectivity index (χ4n) is 2.46. The molecule has 1 aromatic carbocycles. The number of ether oxygens (including phenoxy) is 2. The van der Waals surface area contributed by atoms with Crippen molar-refractivity contribution in [3.8, 4) is 11.5 Å². The summed E-state index contributed by atoms with van der Waals surface area (Å²) in [7, 11) is 0. The van der Waals surface area contributed by atoms with E-state index in [0.29, 0.717) is 31.6 Å². The van der Waals surface area contributed by atoms with Crippen LogP contribution in [0, 0.1) is 0 Å². The van der Waals surface area contributed by atoms with Crippen LogP contribution < -0.4 is 15.2 Å². The Morgan fingerprint density at radius 1 is 1.21 bits per heavy atom. The van der Waals surface area contributed by atoms with Crippen LogP contribution in [-0.4, -0.2) is 19.8 Å². The lowest BCUT2D eigenvalue weighted by Gasteiger charge is -2.23. The quantitative estimate of drug-likeness (QED) is 0.918. The van der Waals surface area contributed by atoms with Crippen molar-refractivity contribution in [1.29, 1.82) is 0 Å². The lowest BCUT2D eigenvalue weighted by atomic mass is 9.88. The number of nitrogens with two attached hydrogens (primary N) is 1. The molecule has 0 bridgehead atoms. The number of hydrogen-bond acceptors (Lipinski definition) is 3. The summed E-state index contributed by atoms with van der Waals surface area (Å²) in [5.74, 6) is 2.43. The van der Waals surface area contributed by atoms with Gasteiger partial charge >= 0.3 is 0 Å². The Morgan fingerprint density at radius 3 is 2.42 bits per heavy atom. The first kappa shape index (κ1) is 14.7. The van der Waals surface area contributed by atoms with Crippen LogP contribution in [0.2, 0.25) is 0 Å². The highest BCUT2D eigenvalue weighted by Crippen LogP contribution is 2.46. The predicted octanol–water partition coefficient (Wildman–Crippen LogP) is 3.80. The minimum Gasteiger partial charge on any atom is -0.489 e. The Balaban J connectivity index is 2.63. The van der Waals surface area contributed by atoms with Gasteiger partial charge in [0.15, 0.2) is 11.5 Å². The molecule has 0 aliphatic carbocycles. The molecule has 1 aliphatic heterocycles. The topological polar surface area (TPSA) is 44.5 Å². The summed E-state index contributed by atoms with van der Waals surface area (Å²) in [5.41, 5.74) is 8.34. The number of fused-ring (bicyclic) bond motifs is 1. The molecule has 0 aromatic heterocycles. The van der Waals surface area contributed by atoms with Gasteiger partial charge in [-0.3, -0.25) is 0 Å². The van der Waals surface area contributed by atoms with Gasteiger partial charge in [-0.1, -0.05) is 20.8 Å². The standard InChI is InChI=1S/C15H22BrNO2/c1-9(2)13-11(10(3)8-17)7-12(16)14-15(13)19-6-4-5-18-14/h7,9-10H,4-6,8,17H2,1-3H3. The van der Waals surface area contributed by atoms with Crippen LogP contribution in [0.15, 0.2) is 10.5 Å². The fourth-order valence-corrected chi connectivity index (χ4v) is 3.00. The lowest BCUT2D eigenvalue weighted by molar-refractivity contribution is 0.295. The highest BCUT2D eigenvalue weighted by molar-refractivity contribution is 9.10. The van der Waals surface area contributed by atoms with Crippen LogP contribution in [0.3, 0.4) is 0 Å².